The molecular weight excluding hydrogens is 238 g/mol. The van der Waals surface area contributed by atoms with Crippen LogP contribution in [0.25, 0.3) is 0 Å². The van der Waals surface area contributed by atoms with Gasteiger partial charge in [-0.2, -0.15) is 0 Å². The number of ether oxygens (including phenoxy) is 2. The number of carbonyl (C=O) groups is 1. The number of rotatable bonds is 3. The number of hydrogen-bond donors (Lipinski definition) is 1. The van der Waals surface area contributed by atoms with Gasteiger partial charge < -0.3 is 14.8 Å². The predicted molar refractivity (Wildman–Crippen MR) is 66.4 cm³/mol. The number of carbonyl (C=O) groups excluding carboxylic acids is 1. The van der Waals surface area contributed by atoms with Crippen LogP contribution in [-0.2, 0) is 14.3 Å². The van der Waals surface area contributed by atoms with Gasteiger partial charge in [0.2, 0.25) is 6.10 Å². The van der Waals surface area contributed by atoms with Crippen molar-refractivity contribution in [2.24, 2.45) is 0 Å². The quantitative estimate of drug-likeness (QED) is 0.652. The molecule has 1 aromatic rings. The lowest BCUT2D eigenvalue weighted by molar-refractivity contribution is -0.151. The second-order valence-electron chi connectivity index (χ2n) is 3.61. The molecule has 1 aliphatic rings. The van der Waals surface area contributed by atoms with Gasteiger partial charge in [-0.15, -0.1) is 0 Å². The lowest BCUT2D eigenvalue weighted by Crippen LogP contribution is -2.30. The number of thiocarbonyl (C=S) groups is 1. The molecule has 0 spiro atoms. The standard InChI is InChI=1S/C12H13NO3S/c1-2-15-11(14)10-9(13-12(17)16-10)8-6-4-3-5-7-8/h3-7,9-10H,2H2,1H3,(H,13,17)/t9-,10+/m0/s1. The smallest absolute Gasteiger partial charge is 0.349 e. The van der Waals surface area contributed by atoms with E-state index in [1.165, 1.54) is 0 Å². The first-order chi connectivity index (χ1) is 8.22. The van der Waals surface area contributed by atoms with E-state index in [4.69, 9.17) is 21.7 Å². The molecule has 2 atom stereocenters. The molecule has 0 unspecified atom stereocenters. The SMILES string of the molecule is CCOC(=O)[C@@H]1OC(=S)N[C@H]1c1ccccc1. The summed E-state index contributed by atoms with van der Waals surface area (Å²) in [6.45, 7) is 2.09. The Bertz CT molecular complexity index is 421. The third kappa shape index (κ3) is 2.55. The van der Waals surface area contributed by atoms with Gasteiger partial charge in [0.25, 0.3) is 5.17 Å². The van der Waals surface area contributed by atoms with E-state index in [2.05, 4.69) is 5.32 Å². The Morgan fingerprint density at radius 3 is 2.82 bits per heavy atom. The van der Waals surface area contributed by atoms with Crippen LogP contribution in [0.2, 0.25) is 0 Å². The van der Waals surface area contributed by atoms with Crippen LogP contribution in [0.15, 0.2) is 30.3 Å². The second kappa shape index (κ2) is 5.14. The highest BCUT2D eigenvalue weighted by Gasteiger charge is 2.39. The van der Waals surface area contributed by atoms with Gasteiger partial charge in [-0.05, 0) is 24.7 Å². The Balaban J connectivity index is 2.20. The molecule has 5 heteroatoms. The Morgan fingerprint density at radius 2 is 2.18 bits per heavy atom. The van der Waals surface area contributed by atoms with E-state index in [0.717, 1.165) is 5.56 Å². The number of benzene rings is 1. The van der Waals surface area contributed by atoms with Crippen molar-refractivity contribution in [3.63, 3.8) is 0 Å². The summed E-state index contributed by atoms with van der Waals surface area (Å²) in [6, 6.07) is 9.28. The van der Waals surface area contributed by atoms with Gasteiger partial charge in [0.05, 0.1) is 6.61 Å². The molecule has 17 heavy (non-hydrogen) atoms. The number of nitrogens with one attached hydrogen (secondary N) is 1. The van der Waals surface area contributed by atoms with Crippen LogP contribution in [0.5, 0.6) is 0 Å². The van der Waals surface area contributed by atoms with E-state index in [9.17, 15) is 4.79 Å². The van der Waals surface area contributed by atoms with Gasteiger partial charge in [0, 0.05) is 0 Å². The van der Waals surface area contributed by atoms with Crippen molar-refractivity contribution in [1.82, 2.24) is 5.32 Å². The van der Waals surface area contributed by atoms with E-state index < -0.39 is 12.1 Å². The molecule has 1 fully saturated rings. The zero-order valence-corrected chi connectivity index (χ0v) is 10.2. The molecule has 4 nitrogen and oxygen atoms in total. The normalized spacial score (nSPS) is 22.8. The minimum atomic E-state index is -0.704. The van der Waals surface area contributed by atoms with Crippen LogP contribution in [0.1, 0.15) is 18.5 Å². The Labute approximate surface area is 105 Å². The molecule has 0 aliphatic carbocycles. The van der Waals surface area contributed by atoms with Crippen LogP contribution in [-0.4, -0.2) is 23.9 Å². The first-order valence-corrected chi connectivity index (χ1v) is 5.82. The second-order valence-corrected chi connectivity index (χ2v) is 3.98. The van der Waals surface area contributed by atoms with Crippen molar-refractivity contribution < 1.29 is 14.3 Å². The molecule has 0 aromatic heterocycles. The van der Waals surface area contributed by atoms with Crippen LogP contribution in [0, 0.1) is 0 Å². The molecule has 0 radical (unpaired) electrons. The highest BCUT2D eigenvalue weighted by atomic mass is 32.1. The topological polar surface area (TPSA) is 47.6 Å². The predicted octanol–water partition coefficient (Wildman–Crippen LogP) is 1.56. The largest absolute Gasteiger partial charge is 0.463 e. The summed E-state index contributed by atoms with van der Waals surface area (Å²) in [6.07, 6.45) is -0.704. The third-order valence-electron chi connectivity index (χ3n) is 2.49. The van der Waals surface area contributed by atoms with E-state index in [1.54, 1.807) is 6.92 Å². The molecule has 0 amide bonds. The zero-order valence-electron chi connectivity index (χ0n) is 9.38. The minimum Gasteiger partial charge on any atom is -0.463 e. The van der Waals surface area contributed by atoms with Gasteiger partial charge in [-0.3, -0.25) is 0 Å². The lowest BCUT2D eigenvalue weighted by atomic mass is 10.0. The fraction of sp³-hybridized carbons (Fsp3) is 0.333. The maximum Gasteiger partial charge on any atom is 0.349 e. The van der Waals surface area contributed by atoms with Crippen molar-refractivity contribution in [2.75, 3.05) is 6.61 Å². The molecule has 1 aromatic carbocycles. The Hall–Kier alpha value is -1.62. The van der Waals surface area contributed by atoms with Crippen molar-refractivity contribution in [2.45, 2.75) is 19.1 Å². The minimum absolute atomic E-state index is 0.233. The van der Waals surface area contributed by atoms with Crippen molar-refractivity contribution in [3.8, 4) is 0 Å². The summed E-state index contributed by atoms with van der Waals surface area (Å²) in [7, 11) is 0. The molecule has 0 bridgehead atoms. The molecule has 1 N–H and O–H groups in total. The molecule has 1 aliphatic heterocycles. The van der Waals surface area contributed by atoms with Gasteiger partial charge in [0.1, 0.15) is 6.04 Å². The van der Waals surface area contributed by atoms with E-state index in [-0.39, 0.29) is 11.2 Å². The van der Waals surface area contributed by atoms with Gasteiger partial charge in [0.15, 0.2) is 0 Å². The monoisotopic (exact) mass is 251 g/mol. The molecule has 2 rings (SSSR count). The van der Waals surface area contributed by atoms with Crippen LogP contribution in [0.3, 0.4) is 0 Å². The van der Waals surface area contributed by atoms with Crippen molar-refractivity contribution in [1.29, 1.82) is 0 Å². The summed E-state index contributed by atoms with van der Waals surface area (Å²) in [5.74, 6) is -0.395. The van der Waals surface area contributed by atoms with E-state index in [0.29, 0.717) is 6.61 Å². The lowest BCUT2D eigenvalue weighted by Gasteiger charge is -2.15. The first kappa shape index (κ1) is 11.9. The summed E-state index contributed by atoms with van der Waals surface area (Å²) < 4.78 is 10.3. The first-order valence-electron chi connectivity index (χ1n) is 5.41. The summed E-state index contributed by atoms with van der Waals surface area (Å²) in [4.78, 5) is 11.7. The fourth-order valence-electron chi connectivity index (χ4n) is 1.75. The Kier molecular flexibility index (Phi) is 3.58. The molecular formula is C12H13NO3S. The maximum absolute atomic E-state index is 11.7. The Morgan fingerprint density at radius 1 is 1.47 bits per heavy atom. The van der Waals surface area contributed by atoms with E-state index in [1.807, 2.05) is 30.3 Å². The average molecular weight is 251 g/mol. The molecule has 0 saturated carbocycles. The van der Waals surface area contributed by atoms with Crippen LogP contribution >= 0.6 is 12.2 Å². The zero-order chi connectivity index (χ0) is 12.3. The highest BCUT2D eigenvalue weighted by Crippen LogP contribution is 2.25. The number of hydrogen-bond acceptors (Lipinski definition) is 4. The summed E-state index contributed by atoms with van der Waals surface area (Å²) in [5.41, 5.74) is 0.949. The highest BCUT2D eigenvalue weighted by molar-refractivity contribution is 7.80. The van der Waals surface area contributed by atoms with Crippen LogP contribution < -0.4 is 5.32 Å². The maximum atomic E-state index is 11.7. The van der Waals surface area contributed by atoms with Gasteiger partial charge in [-0.25, -0.2) is 4.79 Å². The van der Waals surface area contributed by atoms with Crippen molar-refractivity contribution >= 4 is 23.4 Å². The molecule has 1 heterocycles. The van der Waals surface area contributed by atoms with E-state index >= 15 is 0 Å². The van der Waals surface area contributed by atoms with Crippen molar-refractivity contribution in [3.05, 3.63) is 35.9 Å². The average Bonchev–Trinajstić information content (AvgIpc) is 2.73. The fourth-order valence-corrected chi connectivity index (χ4v) is 1.98. The number of esters is 1. The molecule has 1 saturated heterocycles. The third-order valence-corrected chi connectivity index (χ3v) is 2.70. The molecule has 90 valence electrons. The van der Waals surface area contributed by atoms with Crippen LogP contribution in [0.4, 0.5) is 0 Å². The van der Waals surface area contributed by atoms with Gasteiger partial charge >= 0.3 is 5.97 Å². The summed E-state index contributed by atoms with van der Waals surface area (Å²) in [5, 5.41) is 3.20. The van der Waals surface area contributed by atoms with Gasteiger partial charge in [-0.1, -0.05) is 30.3 Å². The summed E-state index contributed by atoms with van der Waals surface area (Å²) >= 11 is 4.94.